The summed E-state index contributed by atoms with van der Waals surface area (Å²) in [6.07, 6.45) is 4.03. The second-order valence-electron chi connectivity index (χ2n) is 4.90. The predicted octanol–water partition coefficient (Wildman–Crippen LogP) is 2.65. The van der Waals surface area contributed by atoms with E-state index in [0.29, 0.717) is 6.01 Å². The van der Waals surface area contributed by atoms with Crippen LogP contribution in [-0.4, -0.2) is 18.6 Å². The average molecular weight is 231 g/mol. The minimum absolute atomic E-state index is 0.692. The fourth-order valence-corrected chi connectivity index (χ4v) is 2.24. The van der Waals surface area contributed by atoms with E-state index in [1.165, 1.54) is 19.3 Å². The molecule has 1 fully saturated rings. The van der Waals surface area contributed by atoms with Crippen molar-refractivity contribution in [2.75, 3.05) is 24.2 Å². The van der Waals surface area contributed by atoms with E-state index in [0.717, 1.165) is 29.2 Å². The van der Waals surface area contributed by atoms with E-state index in [1.807, 2.05) is 25.2 Å². The molecule has 1 heterocycles. The molecule has 0 amide bonds. The first-order valence-corrected chi connectivity index (χ1v) is 6.09. The summed E-state index contributed by atoms with van der Waals surface area (Å²) in [5.41, 5.74) is 8.08. The zero-order chi connectivity index (χ0) is 11.8. The van der Waals surface area contributed by atoms with E-state index in [9.17, 15) is 0 Å². The number of benzene rings is 1. The van der Waals surface area contributed by atoms with Crippen LogP contribution in [-0.2, 0) is 0 Å². The minimum atomic E-state index is 0.692. The number of nitrogen functional groups attached to an aromatic ring is 1. The Balaban J connectivity index is 1.83. The molecule has 0 unspecified atom stereocenters. The normalized spacial score (nSPS) is 16.1. The molecule has 1 saturated carbocycles. The number of aromatic nitrogens is 1. The van der Waals surface area contributed by atoms with Crippen LogP contribution in [0.3, 0.4) is 0 Å². The summed E-state index contributed by atoms with van der Waals surface area (Å²) in [7, 11) is 2.03. The number of hydrogen-bond acceptors (Lipinski definition) is 4. The maximum atomic E-state index is 5.73. The SMILES string of the molecule is CN(CC1CCC1)c1nc2cc(N)ccc2o1. The Bertz CT molecular complexity index is 530. The van der Waals surface area contributed by atoms with E-state index in [1.54, 1.807) is 0 Å². The van der Waals surface area contributed by atoms with Crippen molar-refractivity contribution in [2.45, 2.75) is 19.3 Å². The molecule has 0 radical (unpaired) electrons. The highest BCUT2D eigenvalue weighted by molar-refractivity contribution is 5.78. The lowest BCUT2D eigenvalue weighted by atomic mass is 9.85. The van der Waals surface area contributed by atoms with E-state index in [2.05, 4.69) is 9.88 Å². The van der Waals surface area contributed by atoms with Crippen molar-refractivity contribution in [1.29, 1.82) is 0 Å². The van der Waals surface area contributed by atoms with Crippen molar-refractivity contribution in [2.24, 2.45) is 5.92 Å². The maximum absolute atomic E-state index is 5.73. The van der Waals surface area contributed by atoms with Crippen LogP contribution in [0.15, 0.2) is 22.6 Å². The molecule has 1 aromatic carbocycles. The Morgan fingerprint density at radius 2 is 2.29 bits per heavy atom. The molecule has 90 valence electrons. The van der Waals surface area contributed by atoms with Gasteiger partial charge < -0.3 is 15.1 Å². The van der Waals surface area contributed by atoms with Gasteiger partial charge in [0.05, 0.1) is 0 Å². The molecule has 2 N–H and O–H groups in total. The van der Waals surface area contributed by atoms with Crippen molar-refractivity contribution < 1.29 is 4.42 Å². The standard InChI is InChI=1S/C13H17N3O/c1-16(8-9-3-2-4-9)13-15-11-7-10(14)5-6-12(11)17-13/h5-7,9H,2-4,8,14H2,1H3. The number of oxazole rings is 1. The van der Waals surface area contributed by atoms with Gasteiger partial charge in [-0.2, -0.15) is 4.98 Å². The van der Waals surface area contributed by atoms with Crippen LogP contribution in [0.4, 0.5) is 11.7 Å². The first-order chi connectivity index (χ1) is 8.22. The van der Waals surface area contributed by atoms with Gasteiger partial charge in [0.1, 0.15) is 5.52 Å². The number of hydrogen-bond donors (Lipinski definition) is 1. The largest absolute Gasteiger partial charge is 0.423 e. The second kappa shape index (κ2) is 3.95. The van der Waals surface area contributed by atoms with Crippen molar-refractivity contribution >= 4 is 22.8 Å². The molecule has 4 nitrogen and oxygen atoms in total. The Kier molecular flexibility index (Phi) is 2.42. The third-order valence-electron chi connectivity index (χ3n) is 3.48. The predicted molar refractivity (Wildman–Crippen MR) is 69.0 cm³/mol. The van der Waals surface area contributed by atoms with Gasteiger partial charge in [0, 0.05) is 19.3 Å². The highest BCUT2D eigenvalue weighted by Crippen LogP contribution is 2.29. The first kappa shape index (κ1) is 10.4. The summed E-state index contributed by atoms with van der Waals surface area (Å²) in [4.78, 5) is 6.56. The van der Waals surface area contributed by atoms with Gasteiger partial charge >= 0.3 is 0 Å². The first-order valence-electron chi connectivity index (χ1n) is 6.09. The summed E-state index contributed by atoms with van der Waals surface area (Å²) in [6, 6.07) is 6.25. The highest BCUT2D eigenvalue weighted by Gasteiger charge is 2.21. The molecule has 0 aliphatic heterocycles. The molecule has 2 aromatic rings. The maximum Gasteiger partial charge on any atom is 0.298 e. The van der Waals surface area contributed by atoms with Gasteiger partial charge in [0.2, 0.25) is 0 Å². The summed E-state index contributed by atoms with van der Waals surface area (Å²) >= 11 is 0. The van der Waals surface area contributed by atoms with Crippen LogP contribution in [0.5, 0.6) is 0 Å². The number of nitrogens with two attached hydrogens (primary N) is 1. The molecule has 1 aliphatic carbocycles. The van der Waals surface area contributed by atoms with E-state index < -0.39 is 0 Å². The number of anilines is 2. The van der Waals surface area contributed by atoms with Gasteiger partial charge in [-0.3, -0.25) is 0 Å². The fourth-order valence-electron chi connectivity index (χ4n) is 2.24. The summed E-state index contributed by atoms with van der Waals surface area (Å²) in [5.74, 6) is 0.806. The Morgan fingerprint density at radius 3 is 3.00 bits per heavy atom. The Morgan fingerprint density at radius 1 is 1.47 bits per heavy atom. The van der Waals surface area contributed by atoms with Crippen molar-refractivity contribution in [1.82, 2.24) is 4.98 Å². The minimum Gasteiger partial charge on any atom is -0.423 e. The molecular formula is C13H17N3O. The molecule has 1 aliphatic rings. The number of fused-ring (bicyclic) bond motifs is 1. The van der Waals surface area contributed by atoms with Gasteiger partial charge in [0.25, 0.3) is 6.01 Å². The molecule has 3 rings (SSSR count). The van der Waals surface area contributed by atoms with Gasteiger partial charge in [-0.05, 0) is 37.0 Å². The van der Waals surface area contributed by atoms with Gasteiger partial charge in [-0.1, -0.05) is 6.42 Å². The molecule has 4 heteroatoms. The second-order valence-corrected chi connectivity index (χ2v) is 4.90. The van der Waals surface area contributed by atoms with Crippen LogP contribution in [0.25, 0.3) is 11.1 Å². The van der Waals surface area contributed by atoms with Crippen molar-refractivity contribution in [3.8, 4) is 0 Å². The zero-order valence-corrected chi connectivity index (χ0v) is 10.0. The van der Waals surface area contributed by atoms with E-state index >= 15 is 0 Å². The Labute approximate surface area is 100 Å². The summed E-state index contributed by atoms with van der Waals surface area (Å²) in [5, 5.41) is 0. The van der Waals surface area contributed by atoms with E-state index in [4.69, 9.17) is 10.2 Å². The van der Waals surface area contributed by atoms with Crippen LogP contribution in [0.2, 0.25) is 0 Å². The lowest BCUT2D eigenvalue weighted by molar-refractivity contribution is 0.317. The summed E-state index contributed by atoms with van der Waals surface area (Å²) < 4.78 is 5.71. The topological polar surface area (TPSA) is 55.3 Å². The summed E-state index contributed by atoms with van der Waals surface area (Å²) in [6.45, 7) is 1.03. The molecule has 0 atom stereocenters. The highest BCUT2D eigenvalue weighted by atomic mass is 16.4. The van der Waals surface area contributed by atoms with Crippen LogP contribution < -0.4 is 10.6 Å². The van der Waals surface area contributed by atoms with Crippen LogP contribution in [0.1, 0.15) is 19.3 Å². The molecular weight excluding hydrogens is 214 g/mol. The van der Waals surface area contributed by atoms with Crippen molar-refractivity contribution in [3.05, 3.63) is 18.2 Å². The number of rotatable bonds is 3. The van der Waals surface area contributed by atoms with Crippen LogP contribution >= 0.6 is 0 Å². The van der Waals surface area contributed by atoms with Crippen molar-refractivity contribution in [3.63, 3.8) is 0 Å². The Hall–Kier alpha value is -1.71. The molecule has 1 aromatic heterocycles. The van der Waals surface area contributed by atoms with Crippen LogP contribution in [0, 0.1) is 5.92 Å². The van der Waals surface area contributed by atoms with E-state index in [-0.39, 0.29) is 0 Å². The molecule has 0 bridgehead atoms. The average Bonchev–Trinajstić information content (AvgIpc) is 2.65. The zero-order valence-electron chi connectivity index (χ0n) is 10.0. The molecule has 0 saturated heterocycles. The third-order valence-corrected chi connectivity index (χ3v) is 3.48. The van der Waals surface area contributed by atoms with Gasteiger partial charge in [0.15, 0.2) is 5.58 Å². The fraction of sp³-hybridized carbons (Fsp3) is 0.462. The smallest absolute Gasteiger partial charge is 0.298 e. The van der Waals surface area contributed by atoms with Gasteiger partial charge in [-0.25, -0.2) is 0 Å². The molecule has 0 spiro atoms. The lowest BCUT2D eigenvalue weighted by Crippen LogP contribution is -2.29. The third kappa shape index (κ3) is 1.95. The lowest BCUT2D eigenvalue weighted by Gasteiger charge is -2.29. The monoisotopic (exact) mass is 231 g/mol. The van der Waals surface area contributed by atoms with Gasteiger partial charge in [-0.15, -0.1) is 0 Å². The molecule has 17 heavy (non-hydrogen) atoms. The quantitative estimate of drug-likeness (QED) is 0.825. The number of nitrogens with zero attached hydrogens (tertiary/aromatic N) is 2.